The Bertz CT molecular complexity index is 964. The lowest BCUT2D eigenvalue weighted by Gasteiger charge is -2.42. The number of allylic oxidation sites excluding steroid dienone is 5. The molecular formula is C30H49N5O4. The van der Waals surface area contributed by atoms with E-state index in [1.54, 1.807) is 13.0 Å². The van der Waals surface area contributed by atoms with Crippen LogP contribution in [0.2, 0.25) is 0 Å². The molecule has 0 aromatic carbocycles. The second kappa shape index (κ2) is 15.1. The molecule has 3 unspecified atom stereocenters. The predicted octanol–water partition coefficient (Wildman–Crippen LogP) is 2.80. The van der Waals surface area contributed by atoms with Gasteiger partial charge in [0.05, 0.1) is 18.3 Å². The molecule has 2 heterocycles. The average molecular weight is 544 g/mol. The monoisotopic (exact) mass is 543 g/mol. The number of ether oxygens (including phenoxy) is 1. The third kappa shape index (κ3) is 8.35. The first kappa shape index (κ1) is 30.8. The summed E-state index contributed by atoms with van der Waals surface area (Å²) in [6.45, 7) is 13.0. The van der Waals surface area contributed by atoms with Crippen molar-refractivity contribution in [3.63, 3.8) is 0 Å². The Balaban J connectivity index is 1.43. The average Bonchev–Trinajstić information content (AvgIpc) is 2.93. The highest BCUT2D eigenvalue weighted by Crippen LogP contribution is 2.38. The molecule has 0 bridgehead atoms. The number of hydrogen-bond donors (Lipinski definition) is 3. The summed E-state index contributed by atoms with van der Waals surface area (Å²) in [5, 5.41) is 15.4. The van der Waals surface area contributed by atoms with E-state index in [9.17, 15) is 9.59 Å². The van der Waals surface area contributed by atoms with Crippen LogP contribution < -0.4 is 10.6 Å². The highest BCUT2D eigenvalue weighted by molar-refractivity contribution is 5.86. The van der Waals surface area contributed by atoms with Crippen LogP contribution in [-0.4, -0.2) is 104 Å². The van der Waals surface area contributed by atoms with E-state index in [1.165, 1.54) is 5.57 Å². The summed E-state index contributed by atoms with van der Waals surface area (Å²) in [5.74, 6) is 1.20. The number of fused-ring (bicyclic) bond motifs is 1. The van der Waals surface area contributed by atoms with Crippen LogP contribution in [0.15, 0.2) is 47.0 Å². The first-order chi connectivity index (χ1) is 18.8. The van der Waals surface area contributed by atoms with Crippen molar-refractivity contribution in [1.29, 1.82) is 0 Å². The molecule has 3 atom stereocenters. The number of carbonyl (C=O) groups excluding carboxylic acids is 1. The molecule has 0 spiro atoms. The van der Waals surface area contributed by atoms with Gasteiger partial charge in [-0.3, -0.25) is 9.69 Å². The lowest BCUT2D eigenvalue weighted by molar-refractivity contribution is -0.140. The highest BCUT2D eigenvalue weighted by Gasteiger charge is 2.40. The van der Waals surface area contributed by atoms with E-state index in [0.29, 0.717) is 12.2 Å². The van der Waals surface area contributed by atoms with Crippen molar-refractivity contribution in [2.75, 3.05) is 66.5 Å². The summed E-state index contributed by atoms with van der Waals surface area (Å²) < 4.78 is 6.24. The quantitative estimate of drug-likeness (QED) is 0.175. The number of likely N-dealkylation sites (tertiary alicyclic amines) is 1. The van der Waals surface area contributed by atoms with Crippen molar-refractivity contribution in [2.45, 2.75) is 52.5 Å². The maximum Gasteiger partial charge on any atom is 0.331 e. The van der Waals surface area contributed by atoms with E-state index in [1.807, 2.05) is 20.2 Å². The second-order valence-electron chi connectivity index (χ2n) is 10.9. The number of nitrogens with zero attached hydrogens (tertiary/aromatic N) is 3. The Morgan fingerprint density at radius 1 is 1.15 bits per heavy atom. The van der Waals surface area contributed by atoms with Crippen LogP contribution in [0.3, 0.4) is 0 Å². The van der Waals surface area contributed by atoms with Gasteiger partial charge in [0.2, 0.25) is 5.91 Å². The maximum atomic E-state index is 13.5. The number of rotatable bonds is 14. The van der Waals surface area contributed by atoms with Gasteiger partial charge < -0.3 is 30.3 Å². The largest absolute Gasteiger partial charge is 0.498 e. The van der Waals surface area contributed by atoms with Gasteiger partial charge in [-0.2, -0.15) is 0 Å². The molecule has 0 saturated carbocycles. The summed E-state index contributed by atoms with van der Waals surface area (Å²) in [6, 6.07) is 0.264. The van der Waals surface area contributed by atoms with Gasteiger partial charge >= 0.3 is 5.97 Å². The molecule has 39 heavy (non-hydrogen) atoms. The molecule has 2 aliphatic heterocycles. The highest BCUT2D eigenvalue weighted by atomic mass is 16.5. The summed E-state index contributed by atoms with van der Waals surface area (Å²) in [5.41, 5.74) is 1.57. The summed E-state index contributed by atoms with van der Waals surface area (Å²) in [7, 11) is 3.83. The standard InChI is InChI=1S/C30H49N5O4/c1-22(30(37)38)9-12-27(32-5)34-19-17-33(18-20-34)15-7-21-39-26-11-10-25-13-16-35(23(2)8-6-14-31-4)29(36)28(25)24(26)3/h9-12,23-24,28,31-32H,6-8,13-21H2,1-5H3,(H,37,38)/b22-9+,27-12+. The first-order valence-corrected chi connectivity index (χ1v) is 14.5. The SMILES string of the molecule is CNCCCC(C)N1CCC2=CC=C(OCCCN3CCN(/C(=C/C=C(\C)C(=O)O)NC)CC3)C(C)C2C1=O. The van der Waals surface area contributed by atoms with Crippen LogP contribution in [0.4, 0.5) is 0 Å². The van der Waals surface area contributed by atoms with Crippen molar-refractivity contribution in [3.05, 3.63) is 47.0 Å². The normalized spacial score (nSPS) is 23.7. The van der Waals surface area contributed by atoms with Gasteiger partial charge in [0.25, 0.3) is 0 Å². The van der Waals surface area contributed by atoms with Crippen molar-refractivity contribution in [2.24, 2.45) is 11.8 Å². The van der Waals surface area contributed by atoms with E-state index in [-0.39, 0.29) is 23.8 Å². The maximum absolute atomic E-state index is 13.5. The lowest BCUT2D eigenvalue weighted by atomic mass is 9.77. The Labute approximate surface area is 234 Å². The topological polar surface area (TPSA) is 97.4 Å². The van der Waals surface area contributed by atoms with Gasteiger partial charge in [-0.05, 0) is 71.4 Å². The molecule has 3 N–H and O–H groups in total. The number of carboxylic acid groups (broad SMARTS) is 1. The molecule has 9 heteroatoms. The first-order valence-electron chi connectivity index (χ1n) is 14.5. The van der Waals surface area contributed by atoms with Gasteiger partial charge in [0.1, 0.15) is 5.82 Å². The van der Waals surface area contributed by atoms with Crippen LogP contribution in [0.5, 0.6) is 0 Å². The third-order valence-corrected chi connectivity index (χ3v) is 8.27. The Kier molecular flexibility index (Phi) is 11.9. The fourth-order valence-electron chi connectivity index (χ4n) is 5.74. The van der Waals surface area contributed by atoms with E-state index >= 15 is 0 Å². The zero-order valence-electron chi connectivity index (χ0n) is 24.5. The lowest BCUT2D eigenvalue weighted by Crippen LogP contribution is -2.49. The van der Waals surface area contributed by atoms with Crippen LogP contribution in [0, 0.1) is 11.8 Å². The van der Waals surface area contributed by atoms with E-state index in [0.717, 1.165) is 83.1 Å². The minimum atomic E-state index is -0.902. The number of carbonyl (C=O) groups is 2. The van der Waals surface area contributed by atoms with Crippen LogP contribution in [0.1, 0.15) is 46.5 Å². The Morgan fingerprint density at radius 2 is 1.90 bits per heavy atom. The Hall–Kier alpha value is -2.78. The Morgan fingerprint density at radius 3 is 2.56 bits per heavy atom. The van der Waals surface area contributed by atoms with E-state index in [2.05, 4.69) is 51.3 Å². The minimum Gasteiger partial charge on any atom is -0.498 e. The number of piperidine rings is 1. The molecule has 218 valence electrons. The van der Waals surface area contributed by atoms with Gasteiger partial charge in [-0.25, -0.2) is 4.79 Å². The molecule has 0 aromatic heterocycles. The molecule has 0 radical (unpaired) electrons. The van der Waals surface area contributed by atoms with Crippen molar-refractivity contribution in [1.82, 2.24) is 25.3 Å². The zero-order chi connectivity index (χ0) is 28.4. The van der Waals surface area contributed by atoms with E-state index in [4.69, 9.17) is 9.84 Å². The number of amides is 1. The minimum absolute atomic E-state index is 0.0684. The predicted molar refractivity (Wildman–Crippen MR) is 155 cm³/mol. The number of hydrogen-bond acceptors (Lipinski definition) is 7. The van der Waals surface area contributed by atoms with Crippen LogP contribution in [0.25, 0.3) is 0 Å². The fraction of sp³-hybridized carbons (Fsp3) is 0.667. The van der Waals surface area contributed by atoms with Crippen molar-refractivity contribution < 1.29 is 19.4 Å². The molecular weight excluding hydrogens is 494 g/mol. The molecule has 1 aliphatic carbocycles. The van der Waals surface area contributed by atoms with Gasteiger partial charge in [0.15, 0.2) is 0 Å². The summed E-state index contributed by atoms with van der Waals surface area (Å²) >= 11 is 0. The summed E-state index contributed by atoms with van der Waals surface area (Å²) in [4.78, 5) is 31.3. The molecule has 1 amide bonds. The molecule has 3 rings (SSSR count). The van der Waals surface area contributed by atoms with Crippen molar-refractivity contribution in [3.8, 4) is 0 Å². The number of carboxylic acids is 1. The number of nitrogens with one attached hydrogen (secondary N) is 2. The zero-order valence-corrected chi connectivity index (χ0v) is 24.5. The fourth-order valence-corrected chi connectivity index (χ4v) is 5.74. The second-order valence-corrected chi connectivity index (χ2v) is 10.9. The third-order valence-electron chi connectivity index (χ3n) is 8.27. The van der Waals surface area contributed by atoms with Gasteiger partial charge in [-0.1, -0.05) is 18.6 Å². The number of aliphatic carboxylic acids is 1. The number of piperazine rings is 1. The molecule has 2 fully saturated rings. The smallest absolute Gasteiger partial charge is 0.331 e. The molecule has 9 nitrogen and oxygen atoms in total. The van der Waals surface area contributed by atoms with Gasteiger partial charge in [0, 0.05) is 63.8 Å². The molecule has 3 aliphatic rings. The van der Waals surface area contributed by atoms with Crippen LogP contribution in [-0.2, 0) is 14.3 Å². The van der Waals surface area contributed by atoms with Crippen LogP contribution >= 0.6 is 0 Å². The van der Waals surface area contributed by atoms with Gasteiger partial charge in [-0.15, -0.1) is 0 Å². The van der Waals surface area contributed by atoms with E-state index < -0.39 is 5.97 Å². The van der Waals surface area contributed by atoms with Crippen molar-refractivity contribution >= 4 is 11.9 Å². The molecule has 2 saturated heterocycles. The summed E-state index contributed by atoms with van der Waals surface area (Å²) in [6.07, 6.45) is 11.7. The molecule has 0 aromatic rings.